The van der Waals surface area contributed by atoms with Crippen molar-refractivity contribution in [3.63, 3.8) is 0 Å². The third-order valence-electron chi connectivity index (χ3n) is 4.15. The second-order valence-corrected chi connectivity index (χ2v) is 5.78. The average Bonchev–Trinajstić information content (AvgIpc) is 2.76. The molecular weight excluding hydrogens is 184 g/mol. The molecule has 0 saturated heterocycles. The van der Waals surface area contributed by atoms with Crippen molar-refractivity contribution in [3.8, 4) is 0 Å². The van der Waals surface area contributed by atoms with Crippen LogP contribution in [-0.4, -0.2) is 24.3 Å². The van der Waals surface area contributed by atoms with Gasteiger partial charge in [-0.25, -0.2) is 0 Å². The summed E-state index contributed by atoms with van der Waals surface area (Å²) in [6.07, 6.45) is 1.27. The molecule has 1 aliphatic rings. The summed E-state index contributed by atoms with van der Waals surface area (Å²) >= 11 is 0. The van der Waals surface area contributed by atoms with Crippen LogP contribution >= 0.6 is 0 Å². The lowest BCUT2D eigenvalue weighted by molar-refractivity contribution is 0.0793. The van der Waals surface area contributed by atoms with Gasteiger partial charge in [0.15, 0.2) is 0 Å². The highest BCUT2D eigenvalue weighted by molar-refractivity contribution is 5.24. The number of rotatable bonds is 5. The Labute approximate surface area is 94.7 Å². The van der Waals surface area contributed by atoms with Crippen molar-refractivity contribution in [2.75, 3.05) is 7.05 Å². The molecule has 0 heterocycles. The van der Waals surface area contributed by atoms with E-state index >= 15 is 0 Å². The van der Waals surface area contributed by atoms with Gasteiger partial charge in [0.1, 0.15) is 0 Å². The molecule has 2 atom stereocenters. The fourth-order valence-electron chi connectivity index (χ4n) is 3.62. The predicted octanol–water partition coefficient (Wildman–Crippen LogP) is 3.24. The molecule has 0 radical (unpaired) electrons. The molecule has 1 fully saturated rings. The third kappa shape index (κ3) is 1.91. The van der Waals surface area contributed by atoms with Gasteiger partial charge < -0.3 is 0 Å². The SMILES string of the molecule is C=NN(C)C1(C(C(C)C)C(C)C)CC1C. The minimum absolute atomic E-state index is 0.282. The van der Waals surface area contributed by atoms with Crippen molar-refractivity contribution in [3.05, 3.63) is 0 Å². The van der Waals surface area contributed by atoms with E-state index in [0.717, 1.165) is 5.92 Å². The van der Waals surface area contributed by atoms with Crippen LogP contribution in [0.3, 0.4) is 0 Å². The Morgan fingerprint density at radius 3 is 1.87 bits per heavy atom. The van der Waals surface area contributed by atoms with Gasteiger partial charge in [-0.05, 0) is 30.1 Å². The topological polar surface area (TPSA) is 15.6 Å². The molecule has 0 amide bonds. The highest BCUT2D eigenvalue weighted by atomic mass is 15.5. The Hall–Kier alpha value is -0.530. The zero-order valence-corrected chi connectivity index (χ0v) is 11.1. The Morgan fingerprint density at radius 1 is 1.27 bits per heavy atom. The molecule has 0 aromatic carbocycles. The van der Waals surface area contributed by atoms with E-state index < -0.39 is 0 Å². The van der Waals surface area contributed by atoms with Gasteiger partial charge in [0.05, 0.1) is 5.54 Å². The fraction of sp³-hybridized carbons (Fsp3) is 0.923. The first-order valence-electron chi connectivity index (χ1n) is 6.08. The van der Waals surface area contributed by atoms with Gasteiger partial charge in [0, 0.05) is 13.8 Å². The van der Waals surface area contributed by atoms with Crippen molar-refractivity contribution >= 4 is 6.72 Å². The maximum absolute atomic E-state index is 4.14. The molecule has 0 N–H and O–H groups in total. The Kier molecular flexibility index (Phi) is 3.47. The summed E-state index contributed by atoms with van der Waals surface area (Å²) in [5.74, 6) is 2.88. The maximum atomic E-state index is 4.14. The van der Waals surface area contributed by atoms with Gasteiger partial charge in [0.2, 0.25) is 0 Å². The maximum Gasteiger partial charge on any atom is 0.0638 e. The van der Waals surface area contributed by atoms with Crippen LogP contribution in [0.15, 0.2) is 5.10 Å². The van der Waals surface area contributed by atoms with E-state index in [2.05, 4.69) is 58.5 Å². The summed E-state index contributed by atoms with van der Waals surface area (Å²) in [5.41, 5.74) is 0.282. The van der Waals surface area contributed by atoms with Gasteiger partial charge in [-0.3, -0.25) is 5.01 Å². The van der Waals surface area contributed by atoms with E-state index in [1.54, 1.807) is 0 Å². The first-order valence-corrected chi connectivity index (χ1v) is 6.08. The predicted molar refractivity (Wildman–Crippen MR) is 67.0 cm³/mol. The summed E-state index contributed by atoms with van der Waals surface area (Å²) < 4.78 is 0. The third-order valence-corrected chi connectivity index (χ3v) is 4.15. The van der Waals surface area contributed by atoms with Gasteiger partial charge in [-0.15, -0.1) is 0 Å². The summed E-state index contributed by atoms with van der Waals surface area (Å²) in [5, 5.41) is 6.26. The van der Waals surface area contributed by atoms with Crippen molar-refractivity contribution in [1.82, 2.24) is 5.01 Å². The van der Waals surface area contributed by atoms with Crippen LogP contribution < -0.4 is 0 Å². The first kappa shape index (κ1) is 12.5. The largest absolute Gasteiger partial charge is 0.294 e. The molecule has 0 spiro atoms. The fourth-order valence-corrected chi connectivity index (χ4v) is 3.62. The molecule has 1 saturated carbocycles. The highest BCUT2D eigenvalue weighted by Crippen LogP contribution is 2.57. The molecule has 0 aliphatic heterocycles. The zero-order valence-electron chi connectivity index (χ0n) is 11.1. The van der Waals surface area contributed by atoms with Crippen LogP contribution in [0.2, 0.25) is 0 Å². The number of hydrogen-bond acceptors (Lipinski definition) is 2. The Balaban J connectivity index is 2.94. The van der Waals surface area contributed by atoms with Crippen LogP contribution in [0.1, 0.15) is 41.0 Å². The molecule has 0 bridgehead atoms. The monoisotopic (exact) mass is 210 g/mol. The summed E-state index contributed by atoms with van der Waals surface area (Å²) in [6, 6.07) is 0. The number of hydrogen-bond donors (Lipinski definition) is 0. The lowest BCUT2D eigenvalue weighted by atomic mass is 9.77. The molecule has 88 valence electrons. The van der Waals surface area contributed by atoms with Crippen LogP contribution in [0.4, 0.5) is 0 Å². The molecule has 2 heteroatoms. The molecular formula is C13H26N2. The van der Waals surface area contributed by atoms with Gasteiger partial charge in [-0.1, -0.05) is 34.6 Å². The van der Waals surface area contributed by atoms with Gasteiger partial charge in [-0.2, -0.15) is 5.10 Å². The minimum atomic E-state index is 0.282. The molecule has 2 unspecified atom stereocenters. The van der Waals surface area contributed by atoms with Crippen LogP contribution in [0.25, 0.3) is 0 Å². The standard InChI is InChI=1S/C13H26N2/c1-9(2)12(10(3)4)13(8-11(13)5)15(7)14-6/h9-12H,6,8H2,1-5,7H3. The Bertz CT molecular complexity index is 227. The molecule has 15 heavy (non-hydrogen) atoms. The second kappa shape index (κ2) is 4.15. The van der Waals surface area contributed by atoms with E-state index in [1.807, 2.05) is 0 Å². The molecule has 0 aromatic rings. The van der Waals surface area contributed by atoms with Crippen molar-refractivity contribution in [1.29, 1.82) is 0 Å². The van der Waals surface area contributed by atoms with Crippen molar-refractivity contribution in [2.24, 2.45) is 28.8 Å². The molecule has 1 rings (SSSR count). The van der Waals surface area contributed by atoms with Gasteiger partial charge >= 0.3 is 0 Å². The van der Waals surface area contributed by atoms with Crippen LogP contribution in [0, 0.1) is 23.7 Å². The quantitative estimate of drug-likeness (QED) is 0.502. The average molecular weight is 210 g/mol. The smallest absolute Gasteiger partial charge is 0.0638 e. The minimum Gasteiger partial charge on any atom is -0.294 e. The summed E-state index contributed by atoms with van der Waals surface area (Å²) in [7, 11) is 2.08. The first-order chi connectivity index (χ1) is 6.87. The van der Waals surface area contributed by atoms with E-state index in [-0.39, 0.29) is 5.54 Å². The van der Waals surface area contributed by atoms with Crippen molar-refractivity contribution in [2.45, 2.75) is 46.6 Å². The summed E-state index contributed by atoms with van der Waals surface area (Å²) in [6.45, 7) is 15.3. The van der Waals surface area contributed by atoms with Gasteiger partial charge in [0.25, 0.3) is 0 Å². The van der Waals surface area contributed by atoms with Crippen LogP contribution in [0.5, 0.6) is 0 Å². The normalized spacial score (nSPS) is 30.1. The highest BCUT2D eigenvalue weighted by Gasteiger charge is 2.60. The van der Waals surface area contributed by atoms with E-state index in [4.69, 9.17) is 0 Å². The van der Waals surface area contributed by atoms with E-state index in [0.29, 0.717) is 17.8 Å². The number of hydrazone groups is 1. The van der Waals surface area contributed by atoms with Crippen LogP contribution in [-0.2, 0) is 0 Å². The Morgan fingerprint density at radius 2 is 1.67 bits per heavy atom. The van der Waals surface area contributed by atoms with E-state index in [9.17, 15) is 0 Å². The zero-order chi connectivity index (χ0) is 11.8. The molecule has 0 aromatic heterocycles. The molecule has 1 aliphatic carbocycles. The lowest BCUT2D eigenvalue weighted by Gasteiger charge is -2.39. The van der Waals surface area contributed by atoms with Crippen molar-refractivity contribution < 1.29 is 0 Å². The molecule has 2 nitrogen and oxygen atoms in total. The number of nitrogens with zero attached hydrogens (tertiary/aromatic N) is 2. The summed E-state index contributed by atoms with van der Waals surface area (Å²) in [4.78, 5) is 0. The lowest BCUT2D eigenvalue weighted by Crippen LogP contribution is -2.43. The second-order valence-electron chi connectivity index (χ2n) is 5.78. The van der Waals surface area contributed by atoms with E-state index in [1.165, 1.54) is 6.42 Å².